The number of allylic oxidation sites excluding steroid dienone is 1. The van der Waals surface area contributed by atoms with Crippen molar-refractivity contribution in [3.8, 4) is 0 Å². The molecule has 0 fully saturated rings. The molecule has 0 saturated carbocycles. The summed E-state index contributed by atoms with van der Waals surface area (Å²) in [5.74, 6) is 0.120. The van der Waals surface area contributed by atoms with E-state index in [4.69, 9.17) is 0 Å². The van der Waals surface area contributed by atoms with Crippen LogP contribution in [0.4, 0.5) is 0 Å². The van der Waals surface area contributed by atoms with Gasteiger partial charge in [-0.1, -0.05) is 19.9 Å². The average molecular weight is 158 g/mol. The largest absolute Gasteiger partial charge is 0.390 e. The van der Waals surface area contributed by atoms with E-state index in [1.54, 1.807) is 6.08 Å². The molecular formula is C9H18O2. The van der Waals surface area contributed by atoms with E-state index >= 15 is 0 Å². The zero-order valence-corrected chi connectivity index (χ0v) is 7.33. The lowest BCUT2D eigenvalue weighted by Crippen LogP contribution is -2.30. The molecule has 0 aromatic rings. The van der Waals surface area contributed by atoms with Crippen LogP contribution in [0.2, 0.25) is 0 Å². The van der Waals surface area contributed by atoms with Crippen molar-refractivity contribution >= 4 is 0 Å². The van der Waals surface area contributed by atoms with E-state index in [0.29, 0.717) is 6.42 Å². The smallest absolute Gasteiger partial charge is 0.0822 e. The fraction of sp³-hybridized carbons (Fsp3) is 0.778. The molecule has 0 spiro atoms. The molecule has 2 heteroatoms. The Kier molecular flexibility index (Phi) is 5.16. The van der Waals surface area contributed by atoms with E-state index in [0.717, 1.165) is 6.42 Å². The van der Waals surface area contributed by atoms with Crippen LogP contribution in [0.25, 0.3) is 0 Å². The number of aliphatic hydroxyl groups is 2. The number of hydrogen-bond donors (Lipinski definition) is 2. The van der Waals surface area contributed by atoms with Gasteiger partial charge in [-0.2, -0.15) is 0 Å². The van der Waals surface area contributed by atoms with Crippen molar-refractivity contribution in [1.29, 1.82) is 0 Å². The Morgan fingerprint density at radius 2 is 1.91 bits per heavy atom. The maximum absolute atomic E-state index is 9.34. The predicted molar refractivity (Wildman–Crippen MR) is 46.3 cm³/mol. The van der Waals surface area contributed by atoms with Gasteiger partial charge in [-0.3, -0.25) is 0 Å². The van der Waals surface area contributed by atoms with E-state index in [2.05, 4.69) is 6.58 Å². The summed E-state index contributed by atoms with van der Waals surface area (Å²) in [6.45, 7) is 7.33. The second-order valence-electron chi connectivity index (χ2n) is 3.17. The van der Waals surface area contributed by atoms with Gasteiger partial charge in [0.1, 0.15) is 0 Å². The highest BCUT2D eigenvalue weighted by Gasteiger charge is 2.18. The first kappa shape index (κ1) is 10.7. The van der Waals surface area contributed by atoms with Crippen LogP contribution in [0, 0.1) is 5.92 Å². The van der Waals surface area contributed by atoms with Gasteiger partial charge in [0, 0.05) is 0 Å². The van der Waals surface area contributed by atoms with Crippen molar-refractivity contribution in [1.82, 2.24) is 0 Å². The van der Waals surface area contributed by atoms with Crippen LogP contribution in [-0.4, -0.2) is 22.4 Å². The Labute approximate surface area is 68.6 Å². The Bertz CT molecular complexity index is 110. The molecule has 0 aromatic carbocycles. The third-order valence-electron chi connectivity index (χ3n) is 1.74. The maximum atomic E-state index is 9.34. The Morgan fingerprint density at radius 3 is 2.27 bits per heavy atom. The molecule has 2 N–H and O–H groups in total. The molecule has 0 aliphatic heterocycles. The zero-order chi connectivity index (χ0) is 8.85. The molecule has 0 aliphatic carbocycles. The van der Waals surface area contributed by atoms with Crippen LogP contribution < -0.4 is 0 Å². The summed E-state index contributed by atoms with van der Waals surface area (Å²) < 4.78 is 0. The predicted octanol–water partition coefficient (Wildman–Crippen LogP) is 1.33. The van der Waals surface area contributed by atoms with E-state index < -0.39 is 12.2 Å². The summed E-state index contributed by atoms with van der Waals surface area (Å²) >= 11 is 0. The molecule has 0 aliphatic rings. The minimum atomic E-state index is -0.604. The fourth-order valence-corrected chi connectivity index (χ4v) is 0.904. The SMILES string of the molecule is C=CCCC(O)C(O)C(C)C. The third-order valence-corrected chi connectivity index (χ3v) is 1.74. The van der Waals surface area contributed by atoms with Crippen molar-refractivity contribution in [3.63, 3.8) is 0 Å². The minimum Gasteiger partial charge on any atom is -0.390 e. The first-order valence-corrected chi connectivity index (χ1v) is 4.06. The van der Waals surface area contributed by atoms with Crippen molar-refractivity contribution in [3.05, 3.63) is 12.7 Å². The summed E-state index contributed by atoms with van der Waals surface area (Å²) in [7, 11) is 0. The number of hydrogen-bond acceptors (Lipinski definition) is 2. The van der Waals surface area contributed by atoms with Crippen LogP contribution in [0.3, 0.4) is 0 Å². The topological polar surface area (TPSA) is 40.5 Å². The molecule has 0 heterocycles. The zero-order valence-electron chi connectivity index (χ0n) is 7.33. The van der Waals surface area contributed by atoms with Crippen molar-refractivity contribution in [2.45, 2.75) is 38.9 Å². The lowest BCUT2D eigenvalue weighted by atomic mass is 9.99. The normalized spacial score (nSPS) is 16.5. The van der Waals surface area contributed by atoms with Crippen molar-refractivity contribution in [2.24, 2.45) is 5.92 Å². The average Bonchev–Trinajstić information content (AvgIpc) is 1.98. The van der Waals surface area contributed by atoms with Crippen LogP contribution in [0.1, 0.15) is 26.7 Å². The molecule has 66 valence electrons. The van der Waals surface area contributed by atoms with Gasteiger partial charge in [-0.15, -0.1) is 6.58 Å². The maximum Gasteiger partial charge on any atom is 0.0822 e. The van der Waals surface area contributed by atoms with Gasteiger partial charge in [0.25, 0.3) is 0 Å². The van der Waals surface area contributed by atoms with E-state index in [1.807, 2.05) is 13.8 Å². The highest BCUT2D eigenvalue weighted by atomic mass is 16.3. The van der Waals surface area contributed by atoms with Crippen molar-refractivity contribution < 1.29 is 10.2 Å². The number of aliphatic hydroxyl groups excluding tert-OH is 2. The first-order valence-electron chi connectivity index (χ1n) is 4.06. The first-order chi connectivity index (χ1) is 5.09. The highest BCUT2D eigenvalue weighted by Crippen LogP contribution is 2.10. The quantitative estimate of drug-likeness (QED) is 0.593. The summed E-state index contributed by atoms with van der Waals surface area (Å²) in [5.41, 5.74) is 0. The van der Waals surface area contributed by atoms with Crippen LogP contribution >= 0.6 is 0 Å². The molecule has 0 amide bonds. The Morgan fingerprint density at radius 1 is 1.36 bits per heavy atom. The molecule has 0 radical (unpaired) electrons. The second kappa shape index (κ2) is 5.33. The fourth-order valence-electron chi connectivity index (χ4n) is 0.904. The summed E-state index contributed by atoms with van der Waals surface area (Å²) in [5, 5.41) is 18.7. The van der Waals surface area contributed by atoms with Gasteiger partial charge >= 0.3 is 0 Å². The molecule has 2 unspecified atom stereocenters. The van der Waals surface area contributed by atoms with Gasteiger partial charge in [-0.05, 0) is 18.8 Å². The Hall–Kier alpha value is -0.340. The van der Waals surface area contributed by atoms with Gasteiger partial charge < -0.3 is 10.2 Å². The summed E-state index contributed by atoms with van der Waals surface area (Å²) in [6, 6.07) is 0. The monoisotopic (exact) mass is 158 g/mol. The molecule has 0 aromatic heterocycles. The number of rotatable bonds is 5. The molecule has 0 saturated heterocycles. The van der Waals surface area contributed by atoms with Gasteiger partial charge in [-0.25, -0.2) is 0 Å². The van der Waals surface area contributed by atoms with E-state index in [9.17, 15) is 10.2 Å². The molecule has 2 nitrogen and oxygen atoms in total. The van der Waals surface area contributed by atoms with Gasteiger partial charge in [0.05, 0.1) is 12.2 Å². The Balaban J connectivity index is 3.63. The molecule has 11 heavy (non-hydrogen) atoms. The highest BCUT2D eigenvalue weighted by molar-refractivity contribution is 4.75. The lowest BCUT2D eigenvalue weighted by molar-refractivity contribution is -0.0115. The van der Waals surface area contributed by atoms with Crippen LogP contribution in [-0.2, 0) is 0 Å². The lowest BCUT2D eigenvalue weighted by Gasteiger charge is -2.20. The standard InChI is InChI=1S/C9H18O2/c1-4-5-6-8(10)9(11)7(2)3/h4,7-11H,1,5-6H2,2-3H3. The summed E-state index contributed by atoms with van der Waals surface area (Å²) in [6.07, 6.45) is 1.90. The van der Waals surface area contributed by atoms with Crippen LogP contribution in [0.15, 0.2) is 12.7 Å². The van der Waals surface area contributed by atoms with Crippen molar-refractivity contribution in [2.75, 3.05) is 0 Å². The second-order valence-corrected chi connectivity index (χ2v) is 3.17. The molecule has 0 rings (SSSR count). The molecule has 2 atom stereocenters. The third kappa shape index (κ3) is 4.17. The molecule has 0 bridgehead atoms. The van der Waals surface area contributed by atoms with Gasteiger partial charge in [0.2, 0.25) is 0 Å². The van der Waals surface area contributed by atoms with E-state index in [1.165, 1.54) is 0 Å². The minimum absolute atomic E-state index is 0.120. The van der Waals surface area contributed by atoms with Crippen LogP contribution in [0.5, 0.6) is 0 Å². The molecular weight excluding hydrogens is 140 g/mol. The van der Waals surface area contributed by atoms with E-state index in [-0.39, 0.29) is 5.92 Å². The van der Waals surface area contributed by atoms with Gasteiger partial charge in [0.15, 0.2) is 0 Å². The summed E-state index contributed by atoms with van der Waals surface area (Å²) in [4.78, 5) is 0.